The first-order valence-electron chi connectivity index (χ1n) is 5.48. The molecule has 0 aliphatic carbocycles. The first-order chi connectivity index (χ1) is 8.69. The van der Waals surface area contributed by atoms with Gasteiger partial charge in [-0.05, 0) is 13.0 Å². The molecule has 0 amide bonds. The Morgan fingerprint density at radius 3 is 2.67 bits per heavy atom. The number of nitrogens with two attached hydrogens (primary N) is 2. The van der Waals surface area contributed by atoms with Crippen molar-refractivity contribution in [3.63, 3.8) is 0 Å². The third kappa shape index (κ3) is 2.76. The van der Waals surface area contributed by atoms with Gasteiger partial charge in [0.25, 0.3) is 0 Å². The number of nitrogen functional groups attached to an aromatic ring is 2. The normalized spacial score (nSPS) is 10.7. The van der Waals surface area contributed by atoms with Crippen LogP contribution in [0.25, 0.3) is 6.08 Å². The molecular formula is C13H14N4O. The van der Waals surface area contributed by atoms with Crippen molar-refractivity contribution in [2.45, 2.75) is 6.92 Å². The fraction of sp³-hybridized carbons (Fsp3) is 0.0769. The maximum atomic E-state index is 5.66. The Hall–Kier alpha value is -2.56. The van der Waals surface area contributed by atoms with Crippen LogP contribution in [-0.2, 0) is 0 Å². The molecule has 0 bridgehead atoms. The summed E-state index contributed by atoms with van der Waals surface area (Å²) in [7, 11) is 0. The van der Waals surface area contributed by atoms with E-state index in [1.54, 1.807) is 0 Å². The van der Waals surface area contributed by atoms with Gasteiger partial charge in [-0.2, -0.15) is 9.97 Å². The van der Waals surface area contributed by atoms with E-state index in [2.05, 4.69) is 9.97 Å². The Morgan fingerprint density at radius 1 is 1.17 bits per heavy atom. The number of benzene rings is 1. The van der Waals surface area contributed by atoms with E-state index in [1.807, 2.05) is 43.3 Å². The minimum Gasteiger partial charge on any atom is -0.438 e. The summed E-state index contributed by atoms with van der Waals surface area (Å²) in [5.41, 5.74) is 12.1. The Bertz CT molecular complexity index is 561. The lowest BCUT2D eigenvalue weighted by Crippen LogP contribution is -2.01. The van der Waals surface area contributed by atoms with Crippen molar-refractivity contribution in [2.75, 3.05) is 11.5 Å². The molecule has 1 aromatic heterocycles. The van der Waals surface area contributed by atoms with Crippen molar-refractivity contribution in [3.8, 4) is 11.6 Å². The number of rotatable bonds is 3. The van der Waals surface area contributed by atoms with Gasteiger partial charge in [-0.3, -0.25) is 0 Å². The van der Waals surface area contributed by atoms with E-state index in [0.29, 0.717) is 11.6 Å². The van der Waals surface area contributed by atoms with Gasteiger partial charge < -0.3 is 16.2 Å². The summed E-state index contributed by atoms with van der Waals surface area (Å²) in [6, 6.07) is 9.15. The number of aromatic nitrogens is 2. The predicted molar refractivity (Wildman–Crippen MR) is 72.1 cm³/mol. The molecule has 0 fully saturated rings. The van der Waals surface area contributed by atoms with E-state index in [0.717, 1.165) is 5.56 Å². The first kappa shape index (κ1) is 11.9. The van der Waals surface area contributed by atoms with Crippen LogP contribution in [0.5, 0.6) is 11.6 Å². The van der Waals surface area contributed by atoms with Crippen molar-refractivity contribution in [1.82, 2.24) is 9.97 Å². The highest BCUT2D eigenvalue weighted by atomic mass is 16.5. The van der Waals surface area contributed by atoms with Crippen molar-refractivity contribution in [3.05, 3.63) is 42.0 Å². The van der Waals surface area contributed by atoms with Crippen LogP contribution in [0, 0.1) is 0 Å². The van der Waals surface area contributed by atoms with Gasteiger partial charge in [-0.1, -0.05) is 30.4 Å². The smallest absolute Gasteiger partial charge is 0.226 e. The molecule has 5 nitrogen and oxygen atoms in total. The van der Waals surface area contributed by atoms with Crippen LogP contribution in [0.15, 0.2) is 36.4 Å². The van der Waals surface area contributed by atoms with Crippen LogP contribution in [0.4, 0.5) is 11.8 Å². The third-order valence-electron chi connectivity index (χ3n) is 2.22. The molecule has 2 aromatic rings. The molecule has 0 aliphatic heterocycles. The molecule has 0 radical (unpaired) electrons. The van der Waals surface area contributed by atoms with Crippen molar-refractivity contribution in [1.29, 1.82) is 0 Å². The van der Waals surface area contributed by atoms with Crippen molar-refractivity contribution < 1.29 is 4.74 Å². The van der Waals surface area contributed by atoms with Gasteiger partial charge in [0, 0.05) is 11.6 Å². The number of para-hydroxylation sites is 1. The molecule has 0 aliphatic rings. The highest BCUT2D eigenvalue weighted by Crippen LogP contribution is 2.25. The second kappa shape index (κ2) is 5.18. The lowest BCUT2D eigenvalue weighted by atomic mass is 10.2. The number of anilines is 2. The van der Waals surface area contributed by atoms with Crippen LogP contribution in [0.1, 0.15) is 12.5 Å². The third-order valence-corrected chi connectivity index (χ3v) is 2.22. The fourth-order valence-electron chi connectivity index (χ4n) is 1.52. The summed E-state index contributed by atoms with van der Waals surface area (Å²) in [5.74, 6) is 1.39. The maximum absolute atomic E-state index is 5.66. The predicted octanol–water partition coefficient (Wildman–Crippen LogP) is 2.47. The van der Waals surface area contributed by atoms with E-state index >= 15 is 0 Å². The Kier molecular flexibility index (Phi) is 3.43. The summed E-state index contributed by atoms with van der Waals surface area (Å²) < 4.78 is 5.66. The molecule has 4 N–H and O–H groups in total. The van der Waals surface area contributed by atoms with E-state index in [-0.39, 0.29) is 11.8 Å². The zero-order valence-electron chi connectivity index (χ0n) is 10.00. The van der Waals surface area contributed by atoms with Crippen molar-refractivity contribution >= 4 is 17.8 Å². The monoisotopic (exact) mass is 242 g/mol. The fourth-order valence-corrected chi connectivity index (χ4v) is 1.52. The Labute approximate surface area is 105 Å². The summed E-state index contributed by atoms with van der Waals surface area (Å²) in [6.45, 7) is 1.94. The number of hydrogen-bond acceptors (Lipinski definition) is 5. The Morgan fingerprint density at radius 2 is 1.94 bits per heavy atom. The standard InChI is InChI=1S/C13H14N4O/c1-2-5-9-6-3-4-7-10(9)18-12-8-11(14)16-13(15)17-12/h2-8H,1H3,(H4,14,15,16,17)/b5-2+. The molecule has 1 aromatic carbocycles. The summed E-state index contributed by atoms with van der Waals surface area (Å²) in [5, 5.41) is 0. The molecule has 2 rings (SSSR count). The van der Waals surface area contributed by atoms with Crippen LogP contribution < -0.4 is 16.2 Å². The lowest BCUT2D eigenvalue weighted by molar-refractivity contribution is 0.462. The van der Waals surface area contributed by atoms with Crippen LogP contribution in [0.3, 0.4) is 0 Å². The average molecular weight is 242 g/mol. The minimum absolute atomic E-state index is 0.0912. The van der Waals surface area contributed by atoms with Crippen molar-refractivity contribution in [2.24, 2.45) is 0 Å². The molecule has 1 heterocycles. The number of hydrogen-bond donors (Lipinski definition) is 2. The molecule has 0 spiro atoms. The first-order valence-corrected chi connectivity index (χ1v) is 5.48. The van der Waals surface area contributed by atoms with Crippen LogP contribution in [-0.4, -0.2) is 9.97 Å². The Balaban J connectivity index is 2.33. The van der Waals surface area contributed by atoms with Gasteiger partial charge in [-0.25, -0.2) is 0 Å². The number of ether oxygens (including phenoxy) is 1. The van der Waals surface area contributed by atoms with Gasteiger partial charge in [0.15, 0.2) is 0 Å². The molecular weight excluding hydrogens is 228 g/mol. The minimum atomic E-state index is 0.0912. The SMILES string of the molecule is C/C=C/c1ccccc1Oc1cc(N)nc(N)n1. The van der Waals surface area contributed by atoms with E-state index in [4.69, 9.17) is 16.2 Å². The van der Waals surface area contributed by atoms with Gasteiger partial charge >= 0.3 is 0 Å². The zero-order chi connectivity index (χ0) is 13.0. The summed E-state index contributed by atoms with van der Waals surface area (Å²) in [6.07, 6.45) is 3.88. The molecule has 0 atom stereocenters. The summed E-state index contributed by atoms with van der Waals surface area (Å²) >= 11 is 0. The molecule has 92 valence electrons. The lowest BCUT2D eigenvalue weighted by Gasteiger charge is -2.08. The second-order valence-electron chi connectivity index (χ2n) is 3.63. The van der Waals surface area contributed by atoms with E-state index in [9.17, 15) is 0 Å². The van der Waals surface area contributed by atoms with E-state index in [1.165, 1.54) is 6.07 Å². The van der Waals surface area contributed by atoms with Gasteiger partial charge in [0.1, 0.15) is 11.6 Å². The van der Waals surface area contributed by atoms with Gasteiger partial charge in [0.05, 0.1) is 0 Å². The largest absolute Gasteiger partial charge is 0.438 e. The maximum Gasteiger partial charge on any atom is 0.226 e. The highest BCUT2D eigenvalue weighted by Gasteiger charge is 2.05. The van der Waals surface area contributed by atoms with E-state index < -0.39 is 0 Å². The van der Waals surface area contributed by atoms with Gasteiger partial charge in [0.2, 0.25) is 11.8 Å². The number of nitrogens with zero attached hydrogens (tertiary/aromatic N) is 2. The molecule has 5 heteroatoms. The number of allylic oxidation sites excluding steroid dienone is 1. The van der Waals surface area contributed by atoms with Gasteiger partial charge in [-0.15, -0.1) is 0 Å². The topological polar surface area (TPSA) is 87.0 Å². The quantitative estimate of drug-likeness (QED) is 0.863. The van der Waals surface area contributed by atoms with Crippen LogP contribution >= 0.6 is 0 Å². The molecule has 0 saturated carbocycles. The molecule has 0 saturated heterocycles. The summed E-state index contributed by atoms with van der Waals surface area (Å²) in [4.78, 5) is 7.76. The average Bonchev–Trinajstić information content (AvgIpc) is 2.30. The molecule has 0 unspecified atom stereocenters. The zero-order valence-corrected chi connectivity index (χ0v) is 10.00. The second-order valence-corrected chi connectivity index (χ2v) is 3.63. The highest BCUT2D eigenvalue weighted by molar-refractivity contribution is 5.57. The molecule has 18 heavy (non-hydrogen) atoms. The van der Waals surface area contributed by atoms with Crippen LogP contribution in [0.2, 0.25) is 0 Å².